The highest BCUT2D eigenvalue weighted by Crippen LogP contribution is 2.37. The fourth-order valence-electron chi connectivity index (χ4n) is 4.25. The SMILES string of the molecule is CC(=O)NCC(=O)N1CCC(n2cc(-c3cnc(N)c(OC(C)c4c(Cl)ccc(F)c4Cl)c3)cn2)CC1. The second-order valence-electron chi connectivity index (χ2n) is 8.86. The maximum absolute atomic E-state index is 14.0. The molecule has 0 saturated carbocycles. The maximum atomic E-state index is 14.0. The molecule has 12 heteroatoms. The van der Waals surface area contributed by atoms with E-state index in [-0.39, 0.29) is 40.3 Å². The molecule has 196 valence electrons. The first kappa shape index (κ1) is 26.7. The Morgan fingerprint density at radius 2 is 1.97 bits per heavy atom. The summed E-state index contributed by atoms with van der Waals surface area (Å²) >= 11 is 12.4. The Labute approximate surface area is 223 Å². The lowest BCUT2D eigenvalue weighted by Gasteiger charge is -2.32. The molecule has 3 heterocycles. The van der Waals surface area contributed by atoms with Gasteiger partial charge in [-0.05, 0) is 38.0 Å². The zero-order chi connectivity index (χ0) is 26.7. The van der Waals surface area contributed by atoms with Crippen LogP contribution in [-0.2, 0) is 9.59 Å². The summed E-state index contributed by atoms with van der Waals surface area (Å²) in [4.78, 5) is 29.3. The molecule has 4 rings (SSSR count). The van der Waals surface area contributed by atoms with E-state index in [0.29, 0.717) is 24.4 Å². The summed E-state index contributed by atoms with van der Waals surface area (Å²) in [5.74, 6) is -0.436. The van der Waals surface area contributed by atoms with Crippen molar-refractivity contribution in [3.63, 3.8) is 0 Å². The largest absolute Gasteiger partial charge is 0.482 e. The zero-order valence-electron chi connectivity index (χ0n) is 20.4. The highest BCUT2D eigenvalue weighted by Gasteiger charge is 2.25. The van der Waals surface area contributed by atoms with Crippen LogP contribution in [0.5, 0.6) is 5.75 Å². The number of ether oxygens (including phenoxy) is 1. The molecule has 1 aromatic carbocycles. The quantitative estimate of drug-likeness (QED) is 0.422. The summed E-state index contributed by atoms with van der Waals surface area (Å²) in [6.07, 6.45) is 6.08. The molecule has 3 N–H and O–H groups in total. The van der Waals surface area contributed by atoms with Crippen LogP contribution >= 0.6 is 23.2 Å². The Hall–Kier alpha value is -3.37. The number of amides is 2. The number of nitrogens with zero attached hydrogens (tertiary/aromatic N) is 4. The van der Waals surface area contributed by atoms with Gasteiger partial charge in [0.2, 0.25) is 11.8 Å². The molecule has 1 fully saturated rings. The number of aromatic nitrogens is 3. The molecule has 0 radical (unpaired) electrons. The lowest BCUT2D eigenvalue weighted by Crippen LogP contribution is -2.44. The topological polar surface area (TPSA) is 115 Å². The van der Waals surface area contributed by atoms with Crippen molar-refractivity contribution in [2.24, 2.45) is 0 Å². The van der Waals surface area contributed by atoms with Crippen LogP contribution in [0.15, 0.2) is 36.8 Å². The number of hydrogen-bond acceptors (Lipinski definition) is 6. The lowest BCUT2D eigenvalue weighted by molar-refractivity contribution is -0.133. The normalized spacial score (nSPS) is 14.9. The van der Waals surface area contributed by atoms with Crippen LogP contribution < -0.4 is 15.8 Å². The van der Waals surface area contributed by atoms with Gasteiger partial charge in [-0.1, -0.05) is 23.2 Å². The van der Waals surface area contributed by atoms with Crippen LogP contribution in [0.2, 0.25) is 10.0 Å². The molecule has 2 amide bonds. The fourth-order valence-corrected chi connectivity index (χ4v) is 4.93. The van der Waals surface area contributed by atoms with E-state index in [1.54, 1.807) is 30.3 Å². The molecular formula is C25H27Cl2FN6O3. The van der Waals surface area contributed by atoms with Gasteiger partial charge in [-0.2, -0.15) is 5.10 Å². The summed E-state index contributed by atoms with van der Waals surface area (Å²) < 4.78 is 21.9. The van der Waals surface area contributed by atoms with Crippen molar-refractivity contribution in [3.8, 4) is 16.9 Å². The lowest BCUT2D eigenvalue weighted by atomic mass is 10.1. The maximum Gasteiger partial charge on any atom is 0.241 e. The molecule has 37 heavy (non-hydrogen) atoms. The average molecular weight is 549 g/mol. The molecule has 0 spiro atoms. The van der Waals surface area contributed by atoms with E-state index in [9.17, 15) is 14.0 Å². The first-order valence-electron chi connectivity index (χ1n) is 11.8. The van der Waals surface area contributed by atoms with Crippen LogP contribution in [0.3, 0.4) is 0 Å². The van der Waals surface area contributed by atoms with Gasteiger partial charge in [0.1, 0.15) is 11.9 Å². The number of anilines is 1. The third-order valence-electron chi connectivity index (χ3n) is 6.29. The molecule has 1 atom stereocenters. The van der Waals surface area contributed by atoms with E-state index in [0.717, 1.165) is 24.0 Å². The number of likely N-dealkylation sites (tertiary alicyclic amines) is 1. The number of halogens is 3. The molecule has 0 bridgehead atoms. The van der Waals surface area contributed by atoms with Gasteiger partial charge < -0.3 is 20.7 Å². The van der Waals surface area contributed by atoms with Crippen LogP contribution in [0.25, 0.3) is 11.1 Å². The van der Waals surface area contributed by atoms with Crippen LogP contribution in [-0.4, -0.2) is 51.1 Å². The van der Waals surface area contributed by atoms with E-state index < -0.39 is 11.9 Å². The van der Waals surface area contributed by atoms with E-state index >= 15 is 0 Å². The number of carbonyl (C=O) groups excluding carboxylic acids is 2. The molecule has 3 aromatic rings. The Kier molecular flexibility index (Phi) is 8.19. The number of rotatable bonds is 7. The minimum atomic E-state index is -0.684. The van der Waals surface area contributed by atoms with Crippen LogP contribution in [0, 0.1) is 5.82 Å². The van der Waals surface area contributed by atoms with E-state index in [4.69, 9.17) is 33.7 Å². The highest BCUT2D eigenvalue weighted by atomic mass is 35.5. The summed E-state index contributed by atoms with van der Waals surface area (Å²) in [5.41, 5.74) is 7.92. The Morgan fingerprint density at radius 3 is 2.68 bits per heavy atom. The van der Waals surface area contributed by atoms with Crippen LogP contribution in [0.1, 0.15) is 44.4 Å². The molecule has 2 aromatic heterocycles. The second kappa shape index (κ2) is 11.4. The number of hydrogen-bond donors (Lipinski definition) is 2. The molecule has 9 nitrogen and oxygen atoms in total. The van der Waals surface area contributed by atoms with Gasteiger partial charge in [-0.25, -0.2) is 9.37 Å². The van der Waals surface area contributed by atoms with Crippen molar-refractivity contribution >= 4 is 40.8 Å². The van der Waals surface area contributed by atoms with Gasteiger partial charge in [0.15, 0.2) is 11.6 Å². The number of piperidine rings is 1. The molecule has 1 saturated heterocycles. The number of nitrogens with two attached hydrogens (primary N) is 1. The van der Waals surface area contributed by atoms with Gasteiger partial charge >= 0.3 is 0 Å². The molecule has 1 unspecified atom stereocenters. The minimum Gasteiger partial charge on any atom is -0.482 e. The minimum absolute atomic E-state index is 0.0106. The number of pyridine rings is 1. The zero-order valence-corrected chi connectivity index (χ0v) is 21.9. The smallest absolute Gasteiger partial charge is 0.241 e. The summed E-state index contributed by atoms with van der Waals surface area (Å²) in [7, 11) is 0. The second-order valence-corrected chi connectivity index (χ2v) is 9.64. The third-order valence-corrected chi connectivity index (χ3v) is 7.00. The van der Waals surface area contributed by atoms with Crippen molar-refractivity contribution in [2.75, 3.05) is 25.4 Å². The van der Waals surface area contributed by atoms with Gasteiger partial charge in [0, 0.05) is 54.1 Å². The molecule has 0 aliphatic carbocycles. The predicted octanol–water partition coefficient (Wildman–Crippen LogP) is 4.41. The van der Waals surface area contributed by atoms with Gasteiger partial charge in [-0.15, -0.1) is 0 Å². The average Bonchev–Trinajstić information content (AvgIpc) is 3.37. The first-order valence-corrected chi connectivity index (χ1v) is 12.5. The van der Waals surface area contributed by atoms with E-state index in [1.165, 1.54) is 19.1 Å². The van der Waals surface area contributed by atoms with Crippen molar-refractivity contribution in [1.82, 2.24) is 25.0 Å². The number of nitrogens with one attached hydrogen (secondary N) is 1. The summed E-state index contributed by atoms with van der Waals surface area (Å²) in [5, 5.41) is 7.24. The Bertz CT molecular complexity index is 1310. The van der Waals surface area contributed by atoms with Crippen molar-refractivity contribution in [3.05, 3.63) is 58.2 Å². The Balaban J connectivity index is 1.44. The molecular weight excluding hydrogens is 522 g/mol. The van der Waals surface area contributed by atoms with Gasteiger partial charge in [0.25, 0.3) is 0 Å². The molecule has 1 aliphatic rings. The van der Waals surface area contributed by atoms with E-state index in [2.05, 4.69) is 15.4 Å². The third kappa shape index (κ3) is 6.14. The summed E-state index contributed by atoms with van der Waals surface area (Å²) in [6.45, 7) is 4.27. The highest BCUT2D eigenvalue weighted by molar-refractivity contribution is 6.36. The first-order chi connectivity index (χ1) is 17.6. The van der Waals surface area contributed by atoms with E-state index in [1.807, 2.05) is 10.9 Å². The van der Waals surface area contributed by atoms with Crippen molar-refractivity contribution in [2.45, 2.75) is 38.8 Å². The number of carbonyl (C=O) groups is 2. The summed E-state index contributed by atoms with van der Waals surface area (Å²) in [6, 6.07) is 4.49. The van der Waals surface area contributed by atoms with Crippen molar-refractivity contribution < 1.29 is 18.7 Å². The fraction of sp³-hybridized carbons (Fsp3) is 0.360. The predicted molar refractivity (Wildman–Crippen MR) is 139 cm³/mol. The standard InChI is InChI=1S/C25H27Cl2FN6O3/c1-14(23-19(26)3-4-20(28)24(23)27)37-21-9-16(10-31-25(21)29)17-11-32-34(13-17)18-5-7-33(8-6-18)22(36)12-30-15(2)35/h3-4,9-11,13-14,18H,5-8,12H2,1-2H3,(H2,29,31)(H,30,35). The van der Waals surface area contributed by atoms with Gasteiger partial charge in [0.05, 0.1) is 23.8 Å². The monoisotopic (exact) mass is 548 g/mol. The van der Waals surface area contributed by atoms with Crippen molar-refractivity contribution in [1.29, 1.82) is 0 Å². The number of nitrogen functional groups attached to an aromatic ring is 1. The van der Waals surface area contributed by atoms with Crippen LogP contribution in [0.4, 0.5) is 10.2 Å². The van der Waals surface area contributed by atoms with Gasteiger partial charge in [-0.3, -0.25) is 14.3 Å². The Morgan fingerprint density at radius 1 is 1.24 bits per heavy atom. The molecule has 1 aliphatic heterocycles. The number of benzene rings is 1.